The van der Waals surface area contributed by atoms with Gasteiger partial charge in [-0.05, 0) is 42.2 Å². The Balaban J connectivity index is 1.99. The van der Waals surface area contributed by atoms with Crippen molar-refractivity contribution in [2.75, 3.05) is 0 Å². The predicted molar refractivity (Wildman–Crippen MR) is 69.7 cm³/mol. The van der Waals surface area contributed by atoms with Crippen LogP contribution in [0.2, 0.25) is 0 Å². The summed E-state index contributed by atoms with van der Waals surface area (Å²) >= 11 is 0. The van der Waals surface area contributed by atoms with Crippen LogP contribution in [0.3, 0.4) is 0 Å². The van der Waals surface area contributed by atoms with Crippen LogP contribution in [-0.2, 0) is 13.0 Å². The normalized spacial score (nSPS) is 12.6. The van der Waals surface area contributed by atoms with Gasteiger partial charge in [0.25, 0.3) is 0 Å². The highest BCUT2D eigenvalue weighted by Crippen LogP contribution is 2.08. The van der Waals surface area contributed by atoms with Crippen molar-refractivity contribution in [3.8, 4) is 0 Å². The molecule has 0 fully saturated rings. The van der Waals surface area contributed by atoms with Gasteiger partial charge in [0.15, 0.2) is 0 Å². The van der Waals surface area contributed by atoms with E-state index in [1.165, 1.54) is 11.1 Å². The lowest BCUT2D eigenvalue weighted by atomic mass is 10.1. The molecular weight excluding hydrogens is 210 g/mol. The van der Waals surface area contributed by atoms with E-state index in [2.05, 4.69) is 34.9 Å². The molecule has 0 spiro atoms. The Hall–Kier alpha value is -1.61. The van der Waals surface area contributed by atoms with Crippen LogP contribution in [0.5, 0.6) is 0 Å². The summed E-state index contributed by atoms with van der Waals surface area (Å²) in [6, 6.07) is 6.50. The van der Waals surface area contributed by atoms with Crippen LogP contribution < -0.4 is 5.73 Å². The van der Waals surface area contributed by atoms with Crippen molar-refractivity contribution in [1.82, 2.24) is 9.55 Å². The SMILES string of the molecule is CCC(N)Cc1ccn(Cc2ccncc2)c1. The second-order valence-corrected chi connectivity index (χ2v) is 4.42. The molecule has 0 radical (unpaired) electrons. The minimum Gasteiger partial charge on any atom is -0.350 e. The van der Waals surface area contributed by atoms with E-state index in [4.69, 9.17) is 5.73 Å². The van der Waals surface area contributed by atoms with Crippen LogP contribution in [0.1, 0.15) is 24.5 Å². The molecule has 0 aliphatic heterocycles. The Morgan fingerprint density at radius 2 is 2.00 bits per heavy atom. The first-order valence-corrected chi connectivity index (χ1v) is 6.07. The molecule has 0 aliphatic rings. The molecule has 2 heterocycles. The zero-order chi connectivity index (χ0) is 12.1. The summed E-state index contributed by atoms with van der Waals surface area (Å²) in [6.07, 6.45) is 9.92. The number of pyridine rings is 1. The number of nitrogens with two attached hydrogens (primary N) is 1. The molecule has 1 unspecified atom stereocenters. The van der Waals surface area contributed by atoms with Gasteiger partial charge in [-0.2, -0.15) is 0 Å². The van der Waals surface area contributed by atoms with Crippen molar-refractivity contribution in [3.63, 3.8) is 0 Å². The molecule has 0 amide bonds. The summed E-state index contributed by atoms with van der Waals surface area (Å²) < 4.78 is 2.19. The number of hydrogen-bond acceptors (Lipinski definition) is 2. The molecule has 0 aromatic carbocycles. The topological polar surface area (TPSA) is 43.8 Å². The van der Waals surface area contributed by atoms with Crippen LogP contribution >= 0.6 is 0 Å². The van der Waals surface area contributed by atoms with E-state index in [1.807, 2.05) is 24.5 Å². The Morgan fingerprint density at radius 3 is 2.71 bits per heavy atom. The first kappa shape index (κ1) is 11.9. The quantitative estimate of drug-likeness (QED) is 0.854. The highest BCUT2D eigenvalue weighted by Gasteiger charge is 2.03. The zero-order valence-corrected chi connectivity index (χ0v) is 10.2. The Kier molecular flexibility index (Phi) is 3.94. The molecule has 3 heteroatoms. The van der Waals surface area contributed by atoms with Gasteiger partial charge in [0.05, 0.1) is 0 Å². The van der Waals surface area contributed by atoms with Gasteiger partial charge >= 0.3 is 0 Å². The molecule has 1 atom stereocenters. The summed E-state index contributed by atoms with van der Waals surface area (Å²) in [6.45, 7) is 3.02. The minimum absolute atomic E-state index is 0.270. The van der Waals surface area contributed by atoms with E-state index < -0.39 is 0 Å². The number of rotatable bonds is 5. The maximum absolute atomic E-state index is 5.95. The average molecular weight is 229 g/mol. The van der Waals surface area contributed by atoms with Crippen LogP contribution in [0.15, 0.2) is 43.0 Å². The Labute approximate surface area is 102 Å². The fourth-order valence-electron chi connectivity index (χ4n) is 1.86. The Morgan fingerprint density at radius 1 is 1.24 bits per heavy atom. The van der Waals surface area contributed by atoms with Gasteiger partial charge in [0.1, 0.15) is 0 Å². The predicted octanol–water partition coefficient (Wildman–Crippen LogP) is 2.21. The highest BCUT2D eigenvalue weighted by molar-refractivity contribution is 5.15. The standard InChI is InChI=1S/C14H19N3/c1-2-14(15)9-13-5-8-17(11-13)10-12-3-6-16-7-4-12/h3-8,11,14H,2,9-10,15H2,1H3. The highest BCUT2D eigenvalue weighted by atomic mass is 14.9. The van der Waals surface area contributed by atoms with Gasteiger partial charge < -0.3 is 10.3 Å². The van der Waals surface area contributed by atoms with E-state index in [9.17, 15) is 0 Å². The van der Waals surface area contributed by atoms with E-state index in [-0.39, 0.29) is 6.04 Å². The summed E-state index contributed by atoms with van der Waals surface area (Å²) in [4.78, 5) is 4.02. The fourth-order valence-corrected chi connectivity index (χ4v) is 1.86. The van der Waals surface area contributed by atoms with Crippen molar-refractivity contribution in [2.45, 2.75) is 32.4 Å². The second-order valence-electron chi connectivity index (χ2n) is 4.42. The van der Waals surface area contributed by atoms with E-state index in [1.54, 1.807) is 0 Å². The smallest absolute Gasteiger partial charge is 0.0471 e. The molecule has 17 heavy (non-hydrogen) atoms. The first-order chi connectivity index (χ1) is 8.28. The van der Waals surface area contributed by atoms with Gasteiger partial charge in [-0.25, -0.2) is 0 Å². The van der Waals surface area contributed by atoms with Crippen molar-refractivity contribution < 1.29 is 0 Å². The van der Waals surface area contributed by atoms with Crippen LogP contribution in [0.4, 0.5) is 0 Å². The molecule has 2 rings (SSSR count). The Bertz CT molecular complexity index is 448. The molecule has 0 aliphatic carbocycles. The maximum atomic E-state index is 5.95. The fraction of sp³-hybridized carbons (Fsp3) is 0.357. The van der Waals surface area contributed by atoms with Crippen LogP contribution in [0, 0.1) is 0 Å². The number of nitrogens with zero attached hydrogens (tertiary/aromatic N) is 2. The molecule has 2 aromatic rings. The molecule has 2 aromatic heterocycles. The third-order valence-electron chi connectivity index (χ3n) is 2.95. The molecular formula is C14H19N3. The molecule has 2 N–H and O–H groups in total. The summed E-state index contributed by atoms with van der Waals surface area (Å²) in [5.41, 5.74) is 8.53. The minimum atomic E-state index is 0.270. The largest absolute Gasteiger partial charge is 0.350 e. The van der Waals surface area contributed by atoms with E-state index in [0.717, 1.165) is 19.4 Å². The lowest BCUT2D eigenvalue weighted by molar-refractivity contribution is 0.645. The van der Waals surface area contributed by atoms with E-state index in [0.29, 0.717) is 0 Å². The average Bonchev–Trinajstić information content (AvgIpc) is 2.77. The van der Waals surface area contributed by atoms with Crippen molar-refractivity contribution in [2.24, 2.45) is 5.73 Å². The molecule has 0 saturated heterocycles. The maximum Gasteiger partial charge on any atom is 0.0471 e. The van der Waals surface area contributed by atoms with Crippen molar-refractivity contribution in [1.29, 1.82) is 0 Å². The lowest BCUT2D eigenvalue weighted by Gasteiger charge is -2.06. The van der Waals surface area contributed by atoms with Gasteiger partial charge in [-0.1, -0.05) is 6.92 Å². The number of aromatic nitrogens is 2. The van der Waals surface area contributed by atoms with Gasteiger partial charge in [0, 0.05) is 37.4 Å². The first-order valence-electron chi connectivity index (χ1n) is 6.07. The third-order valence-corrected chi connectivity index (χ3v) is 2.95. The monoisotopic (exact) mass is 229 g/mol. The van der Waals surface area contributed by atoms with E-state index >= 15 is 0 Å². The van der Waals surface area contributed by atoms with Crippen molar-refractivity contribution >= 4 is 0 Å². The summed E-state index contributed by atoms with van der Waals surface area (Å²) in [5.74, 6) is 0. The summed E-state index contributed by atoms with van der Waals surface area (Å²) in [7, 11) is 0. The lowest BCUT2D eigenvalue weighted by Crippen LogP contribution is -2.21. The molecule has 3 nitrogen and oxygen atoms in total. The molecule has 0 bridgehead atoms. The van der Waals surface area contributed by atoms with Crippen LogP contribution in [-0.4, -0.2) is 15.6 Å². The second kappa shape index (κ2) is 5.64. The third kappa shape index (κ3) is 3.43. The molecule has 0 saturated carbocycles. The van der Waals surface area contributed by atoms with Gasteiger partial charge in [-0.15, -0.1) is 0 Å². The van der Waals surface area contributed by atoms with Gasteiger partial charge in [0.2, 0.25) is 0 Å². The number of hydrogen-bond donors (Lipinski definition) is 1. The molecule has 90 valence electrons. The van der Waals surface area contributed by atoms with Crippen molar-refractivity contribution in [3.05, 3.63) is 54.1 Å². The van der Waals surface area contributed by atoms with Gasteiger partial charge in [-0.3, -0.25) is 4.98 Å². The van der Waals surface area contributed by atoms with Crippen LogP contribution in [0.25, 0.3) is 0 Å². The summed E-state index contributed by atoms with van der Waals surface area (Å²) in [5, 5.41) is 0. The zero-order valence-electron chi connectivity index (χ0n) is 10.2.